The average molecular weight is 217 g/mol. The minimum Gasteiger partial charge on any atom is -0.198 e. The van der Waals surface area contributed by atoms with Crippen molar-refractivity contribution in [3.05, 3.63) is 0 Å². The summed E-state index contributed by atoms with van der Waals surface area (Å²) in [5.74, 6) is 1.01. The average Bonchev–Trinajstić information content (AvgIpc) is 2.42. The molecule has 0 aromatic rings. The molecule has 0 unspecified atom stereocenters. The number of hydrogen-bond acceptors (Lipinski definition) is 1. The molecule has 16 heavy (non-hydrogen) atoms. The maximum Gasteiger partial charge on any atom is 0.0689 e. The lowest BCUT2D eigenvalue weighted by Gasteiger charge is -2.55. The van der Waals surface area contributed by atoms with E-state index in [1.54, 1.807) is 0 Å². The molecule has 1 heteroatoms. The van der Waals surface area contributed by atoms with Gasteiger partial charge < -0.3 is 0 Å². The molecule has 0 saturated heterocycles. The van der Waals surface area contributed by atoms with Crippen LogP contribution in [0.4, 0.5) is 0 Å². The van der Waals surface area contributed by atoms with Crippen LogP contribution in [-0.2, 0) is 0 Å². The fourth-order valence-electron chi connectivity index (χ4n) is 4.71. The van der Waals surface area contributed by atoms with Crippen molar-refractivity contribution < 1.29 is 0 Å². The van der Waals surface area contributed by atoms with E-state index in [0.29, 0.717) is 5.41 Å². The Morgan fingerprint density at radius 2 is 1.38 bits per heavy atom. The van der Waals surface area contributed by atoms with Gasteiger partial charge in [0.05, 0.1) is 11.5 Å². The summed E-state index contributed by atoms with van der Waals surface area (Å²) in [5, 5.41) is 9.31. The van der Waals surface area contributed by atoms with Gasteiger partial charge in [0.15, 0.2) is 0 Å². The van der Waals surface area contributed by atoms with Gasteiger partial charge in [-0.05, 0) is 62.7 Å². The first-order valence-electron chi connectivity index (χ1n) is 7.20. The zero-order chi connectivity index (χ0) is 11.1. The number of rotatable bonds is 1. The zero-order valence-electron chi connectivity index (χ0n) is 10.3. The van der Waals surface area contributed by atoms with Gasteiger partial charge in [0, 0.05) is 0 Å². The van der Waals surface area contributed by atoms with Crippen molar-refractivity contribution in [1.29, 1.82) is 5.26 Å². The fourth-order valence-corrected chi connectivity index (χ4v) is 4.71. The van der Waals surface area contributed by atoms with Crippen molar-refractivity contribution in [3.8, 4) is 6.07 Å². The minimum absolute atomic E-state index is 0.108. The largest absolute Gasteiger partial charge is 0.198 e. The molecule has 0 aliphatic heterocycles. The number of nitrogens with zero attached hydrogens (tertiary/aromatic N) is 1. The van der Waals surface area contributed by atoms with Crippen LogP contribution < -0.4 is 0 Å². The monoisotopic (exact) mass is 217 g/mol. The minimum atomic E-state index is 0.108. The first-order chi connectivity index (χ1) is 7.79. The highest BCUT2D eigenvalue weighted by atomic mass is 14.6. The van der Waals surface area contributed by atoms with E-state index in [9.17, 15) is 5.26 Å². The molecule has 4 rings (SSSR count). The second kappa shape index (κ2) is 3.76. The molecule has 0 heterocycles. The van der Waals surface area contributed by atoms with Gasteiger partial charge in [0.25, 0.3) is 0 Å². The normalized spacial score (nSPS) is 44.2. The Balaban J connectivity index is 1.75. The topological polar surface area (TPSA) is 23.8 Å². The van der Waals surface area contributed by atoms with Crippen LogP contribution in [0.1, 0.15) is 70.6 Å². The summed E-state index contributed by atoms with van der Waals surface area (Å²) in [7, 11) is 0. The van der Waals surface area contributed by atoms with Crippen molar-refractivity contribution in [2.75, 3.05) is 0 Å². The van der Waals surface area contributed by atoms with Crippen molar-refractivity contribution in [3.63, 3.8) is 0 Å². The third-order valence-corrected chi connectivity index (χ3v) is 6.01. The number of nitriles is 1. The Labute approximate surface area is 99.2 Å². The highest BCUT2D eigenvalue weighted by Crippen LogP contribution is 2.61. The smallest absolute Gasteiger partial charge is 0.0689 e. The highest BCUT2D eigenvalue weighted by Gasteiger charge is 2.51. The molecule has 0 amide bonds. The van der Waals surface area contributed by atoms with Gasteiger partial charge in [0.2, 0.25) is 0 Å². The van der Waals surface area contributed by atoms with E-state index in [4.69, 9.17) is 0 Å². The predicted octanol–water partition coefficient (Wildman–Crippen LogP) is 4.43. The Morgan fingerprint density at radius 3 is 1.88 bits per heavy atom. The van der Waals surface area contributed by atoms with Gasteiger partial charge >= 0.3 is 0 Å². The molecular weight excluding hydrogens is 194 g/mol. The number of fused-ring (bicyclic) bond motifs is 3. The maximum absolute atomic E-state index is 9.31. The molecule has 2 bridgehead atoms. The maximum atomic E-state index is 9.31. The molecular formula is C15H23N. The highest BCUT2D eigenvalue weighted by molar-refractivity contribution is 5.10. The molecule has 0 aromatic carbocycles. The Hall–Kier alpha value is -0.510. The fraction of sp³-hybridized carbons (Fsp3) is 0.933. The molecule has 1 nitrogen and oxygen atoms in total. The standard InChI is InChI=1S/C15H23N/c16-12-14-6-9-15(10-7-14,11-8-14)13-4-2-1-3-5-13/h13H,1-11H2. The van der Waals surface area contributed by atoms with E-state index < -0.39 is 0 Å². The van der Waals surface area contributed by atoms with Crippen LogP contribution in [0, 0.1) is 28.1 Å². The van der Waals surface area contributed by atoms with E-state index in [-0.39, 0.29) is 5.41 Å². The third kappa shape index (κ3) is 1.50. The Kier molecular flexibility index (Phi) is 2.50. The van der Waals surface area contributed by atoms with E-state index in [0.717, 1.165) is 5.92 Å². The lowest BCUT2D eigenvalue weighted by atomic mass is 9.49. The predicted molar refractivity (Wildman–Crippen MR) is 64.8 cm³/mol. The van der Waals surface area contributed by atoms with Crippen LogP contribution >= 0.6 is 0 Å². The first-order valence-corrected chi connectivity index (χ1v) is 7.20. The van der Waals surface area contributed by atoms with Crippen LogP contribution in [-0.4, -0.2) is 0 Å². The summed E-state index contributed by atoms with van der Waals surface area (Å²) < 4.78 is 0. The van der Waals surface area contributed by atoms with Gasteiger partial charge in [-0.15, -0.1) is 0 Å². The van der Waals surface area contributed by atoms with Gasteiger partial charge in [0.1, 0.15) is 0 Å². The lowest BCUT2D eigenvalue weighted by molar-refractivity contribution is -0.0335. The summed E-state index contributed by atoms with van der Waals surface area (Å²) in [6, 6.07) is 2.63. The second-order valence-electron chi connectivity index (χ2n) is 6.59. The molecule has 0 radical (unpaired) electrons. The SMILES string of the molecule is N#CC12CCC(C3CCCCC3)(CC1)CC2. The summed E-state index contributed by atoms with van der Waals surface area (Å²) >= 11 is 0. The van der Waals surface area contributed by atoms with Gasteiger partial charge in [-0.25, -0.2) is 0 Å². The van der Waals surface area contributed by atoms with Gasteiger partial charge in [-0.3, -0.25) is 0 Å². The zero-order valence-corrected chi connectivity index (χ0v) is 10.3. The van der Waals surface area contributed by atoms with Crippen molar-refractivity contribution in [2.24, 2.45) is 16.7 Å². The molecule has 0 N–H and O–H groups in total. The van der Waals surface area contributed by atoms with Gasteiger partial charge in [-0.1, -0.05) is 19.3 Å². The van der Waals surface area contributed by atoms with Crippen LogP contribution in [0.25, 0.3) is 0 Å². The lowest BCUT2D eigenvalue weighted by Crippen LogP contribution is -2.45. The van der Waals surface area contributed by atoms with E-state index >= 15 is 0 Å². The van der Waals surface area contributed by atoms with Gasteiger partial charge in [-0.2, -0.15) is 5.26 Å². The van der Waals surface area contributed by atoms with Crippen molar-refractivity contribution >= 4 is 0 Å². The molecule has 88 valence electrons. The Bertz CT molecular complexity index is 281. The quantitative estimate of drug-likeness (QED) is 0.637. The molecule has 0 aromatic heterocycles. The molecule has 4 aliphatic carbocycles. The third-order valence-electron chi connectivity index (χ3n) is 6.01. The summed E-state index contributed by atoms with van der Waals surface area (Å²) in [4.78, 5) is 0. The molecule has 0 spiro atoms. The van der Waals surface area contributed by atoms with Crippen molar-refractivity contribution in [1.82, 2.24) is 0 Å². The van der Waals surface area contributed by atoms with Crippen molar-refractivity contribution in [2.45, 2.75) is 70.6 Å². The summed E-state index contributed by atoms with van der Waals surface area (Å²) in [5.41, 5.74) is 0.787. The molecule has 4 aliphatic rings. The molecule has 4 fully saturated rings. The second-order valence-corrected chi connectivity index (χ2v) is 6.59. The van der Waals surface area contributed by atoms with E-state index in [1.165, 1.54) is 70.6 Å². The van der Waals surface area contributed by atoms with Crippen LogP contribution in [0.15, 0.2) is 0 Å². The van der Waals surface area contributed by atoms with Crippen LogP contribution in [0.2, 0.25) is 0 Å². The van der Waals surface area contributed by atoms with E-state index in [1.807, 2.05) is 0 Å². The Morgan fingerprint density at radius 1 is 0.812 bits per heavy atom. The van der Waals surface area contributed by atoms with E-state index in [2.05, 4.69) is 6.07 Å². The van der Waals surface area contributed by atoms with Crippen LogP contribution in [0.5, 0.6) is 0 Å². The number of hydrogen-bond donors (Lipinski definition) is 0. The molecule has 0 atom stereocenters. The molecule has 4 saturated carbocycles. The summed E-state index contributed by atoms with van der Waals surface area (Å²) in [6.45, 7) is 0. The summed E-state index contributed by atoms with van der Waals surface area (Å²) in [6.07, 6.45) is 15.1. The first kappa shape index (κ1) is 10.6. The van der Waals surface area contributed by atoms with Crippen LogP contribution in [0.3, 0.4) is 0 Å².